The monoisotopic (exact) mass is 353 g/mol. The number of nitrogens with one attached hydrogen (secondary N) is 1. The van der Waals surface area contributed by atoms with Gasteiger partial charge in [0.1, 0.15) is 0 Å². The van der Waals surface area contributed by atoms with Crippen LogP contribution in [0, 0.1) is 0 Å². The molecule has 6 heteroatoms. The van der Waals surface area contributed by atoms with Gasteiger partial charge in [-0.15, -0.1) is 0 Å². The Bertz CT molecular complexity index is 1080. The van der Waals surface area contributed by atoms with Gasteiger partial charge in [0.15, 0.2) is 0 Å². The maximum Gasteiger partial charge on any atom is 0.235 e. The number of carbonyl (C=O) groups is 1. The van der Waals surface area contributed by atoms with Gasteiger partial charge in [-0.05, 0) is 44.2 Å². The van der Waals surface area contributed by atoms with Gasteiger partial charge in [0.2, 0.25) is 22.9 Å². The standard InChI is InChI=1S/C20H19NO5/c1-3-25-20(26-4-2)17(22)12-9-10-16-14(11-12)19(24)18(23)13-7-5-6-8-15(13)21-16/h5-11,20-21H,3-4H2,1-2H3. The van der Waals surface area contributed by atoms with Crippen LogP contribution in [-0.4, -0.2) is 30.3 Å². The maximum absolute atomic E-state index is 12.6. The fourth-order valence-corrected chi connectivity index (χ4v) is 2.81. The molecule has 0 spiro atoms. The summed E-state index contributed by atoms with van der Waals surface area (Å²) in [4.78, 5) is 40.9. The van der Waals surface area contributed by atoms with Gasteiger partial charge in [0, 0.05) is 35.2 Å². The van der Waals surface area contributed by atoms with Crippen LogP contribution in [0.4, 0.5) is 0 Å². The zero-order valence-electron chi connectivity index (χ0n) is 14.6. The highest BCUT2D eigenvalue weighted by molar-refractivity contribution is 6.01. The number of aromatic amines is 1. The number of benzene rings is 2. The number of Topliss-reactive ketones (excluding diaryl/α,β-unsaturated/α-hetero) is 1. The van der Waals surface area contributed by atoms with Crippen molar-refractivity contribution in [2.45, 2.75) is 20.1 Å². The van der Waals surface area contributed by atoms with E-state index in [1.807, 2.05) is 0 Å². The zero-order chi connectivity index (χ0) is 18.7. The minimum Gasteiger partial charge on any atom is -0.354 e. The average Bonchev–Trinajstić information content (AvgIpc) is 2.76. The normalized spacial score (nSPS) is 11.3. The fourth-order valence-electron chi connectivity index (χ4n) is 2.81. The van der Waals surface area contributed by atoms with Crippen molar-refractivity contribution in [3.05, 3.63) is 68.5 Å². The first-order chi connectivity index (χ1) is 12.6. The van der Waals surface area contributed by atoms with Gasteiger partial charge in [-0.25, -0.2) is 0 Å². The molecule has 1 aromatic heterocycles. The van der Waals surface area contributed by atoms with Crippen LogP contribution in [0.25, 0.3) is 21.8 Å². The Balaban J connectivity index is 2.22. The first-order valence-electron chi connectivity index (χ1n) is 8.43. The molecule has 3 rings (SSSR count). The lowest BCUT2D eigenvalue weighted by Gasteiger charge is -2.15. The van der Waals surface area contributed by atoms with Crippen molar-refractivity contribution >= 4 is 27.6 Å². The highest BCUT2D eigenvalue weighted by Crippen LogP contribution is 2.15. The van der Waals surface area contributed by atoms with Crippen LogP contribution >= 0.6 is 0 Å². The van der Waals surface area contributed by atoms with Gasteiger partial charge in [-0.3, -0.25) is 14.4 Å². The fraction of sp³-hybridized carbons (Fsp3) is 0.250. The number of rotatable bonds is 6. The number of H-pyrrole nitrogens is 1. The van der Waals surface area contributed by atoms with E-state index in [9.17, 15) is 14.4 Å². The van der Waals surface area contributed by atoms with Gasteiger partial charge < -0.3 is 14.5 Å². The molecule has 0 aliphatic rings. The van der Waals surface area contributed by atoms with Crippen molar-refractivity contribution in [1.29, 1.82) is 0 Å². The van der Waals surface area contributed by atoms with Crippen molar-refractivity contribution in [3.8, 4) is 0 Å². The summed E-state index contributed by atoms with van der Waals surface area (Å²) in [6.07, 6.45) is -1.04. The first-order valence-corrected chi connectivity index (χ1v) is 8.43. The Morgan fingerprint density at radius 3 is 2.23 bits per heavy atom. The van der Waals surface area contributed by atoms with Crippen molar-refractivity contribution in [1.82, 2.24) is 4.98 Å². The second kappa shape index (κ2) is 7.59. The quantitative estimate of drug-likeness (QED) is 0.418. The molecule has 0 atom stereocenters. The largest absolute Gasteiger partial charge is 0.354 e. The Morgan fingerprint density at radius 1 is 0.923 bits per heavy atom. The molecule has 0 saturated heterocycles. The molecule has 0 aliphatic carbocycles. The number of aromatic nitrogens is 1. The molecule has 0 saturated carbocycles. The lowest BCUT2D eigenvalue weighted by Crippen LogP contribution is -2.28. The summed E-state index contributed by atoms with van der Waals surface area (Å²) in [5.74, 6) is -0.390. The summed E-state index contributed by atoms with van der Waals surface area (Å²) in [5, 5.41) is 0.465. The summed E-state index contributed by atoms with van der Waals surface area (Å²) in [5.41, 5.74) is 0.0306. The minimum absolute atomic E-state index is 0.156. The molecule has 3 aromatic rings. The van der Waals surface area contributed by atoms with Crippen molar-refractivity contribution in [3.63, 3.8) is 0 Å². The number of para-hydroxylation sites is 1. The Morgan fingerprint density at radius 2 is 1.54 bits per heavy atom. The third-order valence-corrected chi connectivity index (χ3v) is 4.05. The lowest BCUT2D eigenvalue weighted by molar-refractivity contribution is -0.107. The summed E-state index contributed by atoms with van der Waals surface area (Å²) in [7, 11) is 0. The van der Waals surface area contributed by atoms with E-state index in [0.29, 0.717) is 29.6 Å². The summed E-state index contributed by atoms with van der Waals surface area (Å²) >= 11 is 0. The number of ether oxygens (including phenoxy) is 2. The van der Waals surface area contributed by atoms with E-state index in [0.717, 1.165) is 0 Å². The molecule has 0 amide bonds. The van der Waals surface area contributed by atoms with Crippen molar-refractivity contribution in [2.24, 2.45) is 0 Å². The summed E-state index contributed by atoms with van der Waals surface area (Å²) in [6, 6.07) is 11.4. The van der Waals surface area contributed by atoms with Gasteiger partial charge in [-0.1, -0.05) is 12.1 Å². The SMILES string of the molecule is CCOC(OCC)C(=O)c1ccc2[nH]c3ccccc3c(=O)c(=O)c2c1. The molecular formula is C20H19NO5. The van der Waals surface area contributed by atoms with Crippen LogP contribution < -0.4 is 10.9 Å². The van der Waals surface area contributed by atoms with Crippen LogP contribution in [-0.2, 0) is 9.47 Å². The number of carbonyl (C=O) groups excluding carboxylic acids is 1. The van der Waals surface area contributed by atoms with Crippen LogP contribution in [0.1, 0.15) is 24.2 Å². The van der Waals surface area contributed by atoms with Crippen LogP contribution in [0.15, 0.2) is 52.1 Å². The number of ketones is 1. The van der Waals surface area contributed by atoms with E-state index in [2.05, 4.69) is 4.98 Å². The highest BCUT2D eigenvalue weighted by atomic mass is 16.7. The number of hydrogen-bond donors (Lipinski definition) is 1. The molecule has 0 fully saturated rings. The second-order valence-electron chi connectivity index (χ2n) is 5.70. The van der Waals surface area contributed by atoms with E-state index in [1.54, 1.807) is 50.2 Å². The predicted octanol–water partition coefficient (Wildman–Crippen LogP) is 2.62. The van der Waals surface area contributed by atoms with E-state index in [1.165, 1.54) is 6.07 Å². The molecule has 6 nitrogen and oxygen atoms in total. The Hall–Kier alpha value is -2.83. The lowest BCUT2D eigenvalue weighted by atomic mass is 10.1. The summed E-state index contributed by atoms with van der Waals surface area (Å²) in [6.45, 7) is 4.16. The van der Waals surface area contributed by atoms with Crippen molar-refractivity contribution in [2.75, 3.05) is 13.2 Å². The molecule has 0 aliphatic heterocycles. The van der Waals surface area contributed by atoms with Crippen LogP contribution in [0.5, 0.6) is 0 Å². The molecule has 0 bridgehead atoms. The molecule has 26 heavy (non-hydrogen) atoms. The Kier molecular flexibility index (Phi) is 5.25. The zero-order valence-corrected chi connectivity index (χ0v) is 14.6. The van der Waals surface area contributed by atoms with Gasteiger partial charge in [-0.2, -0.15) is 0 Å². The molecule has 2 aromatic carbocycles. The number of hydrogen-bond acceptors (Lipinski definition) is 5. The van der Waals surface area contributed by atoms with Gasteiger partial charge in [0.25, 0.3) is 0 Å². The molecule has 0 radical (unpaired) electrons. The smallest absolute Gasteiger partial charge is 0.235 e. The topological polar surface area (TPSA) is 85.5 Å². The molecule has 0 unspecified atom stereocenters. The maximum atomic E-state index is 12.6. The molecule has 1 heterocycles. The second-order valence-corrected chi connectivity index (χ2v) is 5.70. The first kappa shape index (κ1) is 18.0. The van der Waals surface area contributed by atoms with E-state index in [-0.39, 0.29) is 10.9 Å². The predicted molar refractivity (Wildman–Crippen MR) is 99.7 cm³/mol. The summed E-state index contributed by atoms with van der Waals surface area (Å²) < 4.78 is 10.7. The molecule has 1 N–H and O–H groups in total. The average molecular weight is 353 g/mol. The molecular weight excluding hydrogens is 334 g/mol. The van der Waals surface area contributed by atoms with Crippen molar-refractivity contribution < 1.29 is 14.3 Å². The van der Waals surface area contributed by atoms with Crippen LogP contribution in [0.2, 0.25) is 0 Å². The van der Waals surface area contributed by atoms with Gasteiger partial charge in [0.05, 0.1) is 5.39 Å². The van der Waals surface area contributed by atoms with E-state index >= 15 is 0 Å². The molecule has 134 valence electrons. The highest BCUT2D eigenvalue weighted by Gasteiger charge is 2.21. The van der Waals surface area contributed by atoms with E-state index in [4.69, 9.17) is 9.47 Å². The van der Waals surface area contributed by atoms with Crippen LogP contribution in [0.3, 0.4) is 0 Å². The minimum atomic E-state index is -1.04. The van der Waals surface area contributed by atoms with Gasteiger partial charge >= 0.3 is 0 Å². The Labute approximate surface area is 149 Å². The number of fused-ring (bicyclic) bond motifs is 2. The third-order valence-electron chi connectivity index (χ3n) is 4.05. The van der Waals surface area contributed by atoms with E-state index < -0.39 is 22.9 Å². The third kappa shape index (κ3) is 3.29.